The zero-order valence-corrected chi connectivity index (χ0v) is 12.1. The summed E-state index contributed by atoms with van der Waals surface area (Å²) < 4.78 is 6.86. The Bertz CT molecular complexity index is 415. The fourth-order valence-electron chi connectivity index (χ4n) is 2.57. The molecule has 1 aliphatic heterocycles. The first-order valence-electron chi connectivity index (χ1n) is 6.25. The van der Waals surface area contributed by atoms with Gasteiger partial charge in [-0.25, -0.2) is 0 Å². The van der Waals surface area contributed by atoms with E-state index < -0.39 is 0 Å². The van der Waals surface area contributed by atoms with Gasteiger partial charge in [-0.15, -0.1) is 0 Å². The Labute approximate surface area is 112 Å². The van der Waals surface area contributed by atoms with Crippen LogP contribution in [0.25, 0.3) is 0 Å². The monoisotopic (exact) mass is 297 g/mol. The molecule has 0 spiro atoms. The van der Waals surface area contributed by atoms with Gasteiger partial charge in [0.1, 0.15) is 5.75 Å². The summed E-state index contributed by atoms with van der Waals surface area (Å²) >= 11 is 3.57. The number of rotatable bonds is 4. The first-order chi connectivity index (χ1) is 8.02. The molecule has 0 bridgehead atoms. The quantitative estimate of drug-likeness (QED) is 0.924. The molecule has 2 N–H and O–H groups in total. The van der Waals surface area contributed by atoms with Gasteiger partial charge >= 0.3 is 0 Å². The van der Waals surface area contributed by atoms with Gasteiger partial charge in [0.15, 0.2) is 0 Å². The van der Waals surface area contributed by atoms with Crippen molar-refractivity contribution >= 4 is 15.9 Å². The van der Waals surface area contributed by atoms with Crippen LogP contribution < -0.4 is 10.5 Å². The molecule has 3 heteroatoms. The highest BCUT2D eigenvalue weighted by atomic mass is 79.9. The maximum Gasteiger partial charge on any atom is 0.125 e. The van der Waals surface area contributed by atoms with Crippen molar-refractivity contribution < 1.29 is 4.74 Å². The van der Waals surface area contributed by atoms with E-state index in [-0.39, 0.29) is 5.54 Å². The molecule has 94 valence electrons. The smallest absolute Gasteiger partial charge is 0.125 e. The molecular weight excluding hydrogens is 278 g/mol. The highest BCUT2D eigenvalue weighted by molar-refractivity contribution is 9.10. The molecule has 17 heavy (non-hydrogen) atoms. The molecule has 0 aliphatic carbocycles. The molecule has 1 aromatic rings. The Morgan fingerprint density at radius 2 is 2.24 bits per heavy atom. The second-order valence-corrected chi connectivity index (χ2v) is 6.15. The summed E-state index contributed by atoms with van der Waals surface area (Å²) in [5.41, 5.74) is 8.74. The Morgan fingerprint density at radius 3 is 2.94 bits per heavy atom. The summed E-state index contributed by atoms with van der Waals surface area (Å²) in [6, 6.07) is 4.30. The van der Waals surface area contributed by atoms with E-state index in [1.54, 1.807) is 0 Å². The zero-order chi connectivity index (χ0) is 12.5. The second-order valence-electron chi connectivity index (χ2n) is 5.23. The van der Waals surface area contributed by atoms with Crippen LogP contribution in [0, 0.1) is 0 Å². The fourth-order valence-corrected chi connectivity index (χ4v) is 3.12. The average molecular weight is 298 g/mol. The van der Waals surface area contributed by atoms with Gasteiger partial charge in [-0.05, 0) is 43.0 Å². The van der Waals surface area contributed by atoms with Crippen LogP contribution in [0.1, 0.15) is 37.8 Å². The summed E-state index contributed by atoms with van der Waals surface area (Å²) in [6.45, 7) is 5.10. The van der Waals surface area contributed by atoms with E-state index in [0.29, 0.717) is 0 Å². The number of fused-ring (bicyclic) bond motifs is 1. The lowest BCUT2D eigenvalue weighted by molar-refractivity contribution is 0.346. The van der Waals surface area contributed by atoms with E-state index in [2.05, 4.69) is 41.9 Å². The fraction of sp³-hybridized carbons (Fsp3) is 0.571. The minimum absolute atomic E-state index is 0.144. The maximum absolute atomic E-state index is 6.33. The van der Waals surface area contributed by atoms with E-state index >= 15 is 0 Å². The van der Waals surface area contributed by atoms with Crippen molar-refractivity contribution in [1.82, 2.24) is 0 Å². The van der Waals surface area contributed by atoms with Crippen LogP contribution in [0.3, 0.4) is 0 Å². The van der Waals surface area contributed by atoms with Crippen molar-refractivity contribution in [2.24, 2.45) is 5.73 Å². The SMILES string of the molecule is CCCC(C)(N)Cc1cc(Br)cc2c1OCC2. The van der Waals surface area contributed by atoms with E-state index in [9.17, 15) is 0 Å². The van der Waals surface area contributed by atoms with Crippen LogP contribution in [0.5, 0.6) is 5.75 Å². The summed E-state index contributed by atoms with van der Waals surface area (Å²) in [6.07, 6.45) is 4.04. The van der Waals surface area contributed by atoms with Gasteiger partial charge < -0.3 is 10.5 Å². The van der Waals surface area contributed by atoms with E-state index in [0.717, 1.165) is 42.5 Å². The normalized spacial score (nSPS) is 17.4. The van der Waals surface area contributed by atoms with Crippen molar-refractivity contribution in [3.8, 4) is 5.75 Å². The number of benzene rings is 1. The lowest BCUT2D eigenvalue weighted by Crippen LogP contribution is -2.38. The molecule has 0 saturated heterocycles. The zero-order valence-electron chi connectivity index (χ0n) is 10.6. The summed E-state index contributed by atoms with van der Waals surface area (Å²) in [4.78, 5) is 0. The van der Waals surface area contributed by atoms with Crippen molar-refractivity contribution in [2.45, 2.75) is 45.1 Å². The largest absolute Gasteiger partial charge is 0.493 e. The van der Waals surface area contributed by atoms with Crippen molar-refractivity contribution in [1.29, 1.82) is 0 Å². The van der Waals surface area contributed by atoms with Crippen LogP contribution in [-0.4, -0.2) is 12.1 Å². The van der Waals surface area contributed by atoms with Crippen LogP contribution in [-0.2, 0) is 12.8 Å². The third kappa shape index (κ3) is 3.02. The topological polar surface area (TPSA) is 35.2 Å². The van der Waals surface area contributed by atoms with Gasteiger partial charge in [0.25, 0.3) is 0 Å². The van der Waals surface area contributed by atoms with E-state index in [4.69, 9.17) is 10.5 Å². The van der Waals surface area contributed by atoms with Gasteiger partial charge in [-0.3, -0.25) is 0 Å². The highest BCUT2D eigenvalue weighted by Crippen LogP contribution is 2.35. The summed E-state index contributed by atoms with van der Waals surface area (Å²) in [5, 5.41) is 0. The highest BCUT2D eigenvalue weighted by Gasteiger charge is 2.24. The predicted octanol–water partition coefficient (Wildman–Crippen LogP) is 3.44. The minimum atomic E-state index is -0.144. The third-order valence-electron chi connectivity index (χ3n) is 3.24. The molecule has 1 aliphatic rings. The van der Waals surface area contributed by atoms with Gasteiger partial charge in [-0.2, -0.15) is 0 Å². The molecule has 0 saturated carbocycles. The first kappa shape index (κ1) is 12.9. The van der Waals surface area contributed by atoms with Gasteiger partial charge in [0, 0.05) is 16.4 Å². The first-order valence-corrected chi connectivity index (χ1v) is 7.04. The molecule has 1 unspecified atom stereocenters. The Balaban J connectivity index is 2.27. The average Bonchev–Trinajstić information content (AvgIpc) is 2.64. The molecule has 0 radical (unpaired) electrons. The maximum atomic E-state index is 6.33. The van der Waals surface area contributed by atoms with Crippen molar-refractivity contribution in [2.75, 3.05) is 6.61 Å². The predicted molar refractivity (Wildman–Crippen MR) is 74.5 cm³/mol. The van der Waals surface area contributed by atoms with Gasteiger partial charge in [0.05, 0.1) is 6.61 Å². The second kappa shape index (κ2) is 4.99. The van der Waals surface area contributed by atoms with Crippen molar-refractivity contribution in [3.63, 3.8) is 0 Å². The number of ether oxygens (including phenoxy) is 1. The lowest BCUT2D eigenvalue weighted by atomic mass is 9.88. The van der Waals surface area contributed by atoms with Crippen LogP contribution >= 0.6 is 15.9 Å². The Hall–Kier alpha value is -0.540. The number of halogens is 1. The molecule has 0 fully saturated rings. The van der Waals surface area contributed by atoms with Crippen LogP contribution in [0.2, 0.25) is 0 Å². The molecule has 1 aromatic carbocycles. The molecule has 2 rings (SSSR count). The number of hydrogen-bond donors (Lipinski definition) is 1. The lowest BCUT2D eigenvalue weighted by Gasteiger charge is -2.25. The summed E-state index contributed by atoms with van der Waals surface area (Å²) in [5.74, 6) is 1.07. The molecule has 2 nitrogen and oxygen atoms in total. The van der Waals surface area contributed by atoms with E-state index in [1.165, 1.54) is 11.1 Å². The number of hydrogen-bond acceptors (Lipinski definition) is 2. The number of nitrogens with two attached hydrogens (primary N) is 1. The third-order valence-corrected chi connectivity index (χ3v) is 3.70. The molecule has 1 atom stereocenters. The van der Waals surface area contributed by atoms with Crippen molar-refractivity contribution in [3.05, 3.63) is 27.7 Å². The van der Waals surface area contributed by atoms with Gasteiger partial charge in [0.2, 0.25) is 0 Å². The van der Waals surface area contributed by atoms with Gasteiger partial charge in [-0.1, -0.05) is 29.3 Å². The standard InChI is InChI=1S/C14H20BrNO/c1-3-5-14(2,16)9-11-8-12(15)7-10-4-6-17-13(10)11/h7-8H,3-6,9,16H2,1-2H3. The van der Waals surface area contributed by atoms with Crippen LogP contribution in [0.4, 0.5) is 0 Å². The summed E-state index contributed by atoms with van der Waals surface area (Å²) in [7, 11) is 0. The molecule has 0 amide bonds. The Kier molecular flexibility index (Phi) is 3.79. The molecule has 1 heterocycles. The van der Waals surface area contributed by atoms with E-state index in [1.807, 2.05) is 0 Å². The Morgan fingerprint density at radius 1 is 1.47 bits per heavy atom. The molecule has 0 aromatic heterocycles. The molecular formula is C14H20BrNO. The van der Waals surface area contributed by atoms with Crippen LogP contribution in [0.15, 0.2) is 16.6 Å². The minimum Gasteiger partial charge on any atom is -0.493 e.